The van der Waals surface area contributed by atoms with Gasteiger partial charge in [-0.2, -0.15) is 0 Å². The predicted molar refractivity (Wildman–Crippen MR) is 91.2 cm³/mol. The maximum absolute atomic E-state index is 13.1. The summed E-state index contributed by atoms with van der Waals surface area (Å²) in [6, 6.07) is 10.7. The lowest BCUT2D eigenvalue weighted by Gasteiger charge is -2.07. The number of nitrogens with one attached hydrogen (secondary N) is 1. The van der Waals surface area contributed by atoms with Crippen LogP contribution in [0, 0.1) is 5.82 Å². The van der Waals surface area contributed by atoms with Crippen molar-refractivity contribution in [1.29, 1.82) is 0 Å². The van der Waals surface area contributed by atoms with E-state index >= 15 is 0 Å². The van der Waals surface area contributed by atoms with Crippen molar-refractivity contribution in [2.45, 2.75) is 19.8 Å². The predicted octanol–water partition coefficient (Wildman–Crippen LogP) is 4.48. The number of ether oxygens (including phenoxy) is 1. The molecule has 2 rings (SSSR count). The highest BCUT2D eigenvalue weighted by molar-refractivity contribution is 6.31. The molecule has 0 heterocycles. The molecule has 2 aromatic carbocycles. The van der Waals surface area contributed by atoms with E-state index in [0.717, 1.165) is 0 Å². The van der Waals surface area contributed by atoms with Crippen LogP contribution in [0.15, 0.2) is 42.5 Å². The Kier molecular flexibility index (Phi) is 6.32. The fourth-order valence-electron chi connectivity index (χ4n) is 2.07. The van der Waals surface area contributed by atoms with E-state index in [9.17, 15) is 14.0 Å². The Hall–Kier alpha value is -2.40. The number of Topliss-reactive ketones (excluding diaryl/α,β-unsaturated/α-hetero) is 1. The van der Waals surface area contributed by atoms with E-state index in [4.69, 9.17) is 16.3 Å². The molecule has 0 radical (unpaired) electrons. The Bertz CT molecular complexity index is 732. The maximum atomic E-state index is 13.1. The summed E-state index contributed by atoms with van der Waals surface area (Å²) in [4.78, 5) is 23.9. The van der Waals surface area contributed by atoms with Crippen molar-refractivity contribution in [2.24, 2.45) is 0 Å². The molecular formula is C18H17ClFNO3. The average molecular weight is 350 g/mol. The van der Waals surface area contributed by atoms with Crippen LogP contribution in [0.2, 0.25) is 5.02 Å². The first-order chi connectivity index (χ1) is 11.5. The van der Waals surface area contributed by atoms with E-state index in [2.05, 4.69) is 5.32 Å². The lowest BCUT2D eigenvalue weighted by molar-refractivity contribution is -0.116. The Balaban J connectivity index is 1.86. The van der Waals surface area contributed by atoms with E-state index in [1.165, 1.54) is 18.2 Å². The Morgan fingerprint density at radius 1 is 1.12 bits per heavy atom. The van der Waals surface area contributed by atoms with Gasteiger partial charge >= 0.3 is 0 Å². The minimum absolute atomic E-state index is 0.0288. The Morgan fingerprint density at radius 3 is 2.46 bits per heavy atom. The summed E-state index contributed by atoms with van der Waals surface area (Å²) < 4.78 is 18.4. The van der Waals surface area contributed by atoms with Crippen LogP contribution >= 0.6 is 11.6 Å². The normalized spacial score (nSPS) is 10.3. The van der Waals surface area contributed by atoms with Crippen molar-refractivity contribution in [3.63, 3.8) is 0 Å². The van der Waals surface area contributed by atoms with Crippen LogP contribution in [0.1, 0.15) is 30.1 Å². The lowest BCUT2D eigenvalue weighted by atomic mass is 10.1. The summed E-state index contributed by atoms with van der Waals surface area (Å²) in [7, 11) is 0. The molecule has 0 bridgehead atoms. The number of halogens is 2. The fourth-order valence-corrected chi connectivity index (χ4v) is 2.25. The van der Waals surface area contributed by atoms with Gasteiger partial charge in [-0.3, -0.25) is 9.59 Å². The van der Waals surface area contributed by atoms with Crippen LogP contribution in [0.4, 0.5) is 10.1 Å². The Labute approximate surface area is 144 Å². The zero-order chi connectivity index (χ0) is 17.5. The molecule has 0 spiro atoms. The first-order valence-corrected chi connectivity index (χ1v) is 7.88. The van der Waals surface area contributed by atoms with Gasteiger partial charge < -0.3 is 10.1 Å². The SMILES string of the molecule is CCOc1ccc(C(=O)CCC(=O)Nc2ccc(F)c(Cl)c2)cc1. The number of ketones is 1. The van der Waals surface area contributed by atoms with Gasteiger partial charge in [0.15, 0.2) is 5.78 Å². The Morgan fingerprint density at radius 2 is 1.83 bits per heavy atom. The molecule has 2 aromatic rings. The molecule has 4 nitrogen and oxygen atoms in total. The standard InChI is InChI=1S/C18H17ClFNO3/c1-2-24-14-6-3-12(4-7-14)17(22)9-10-18(23)21-13-5-8-16(20)15(19)11-13/h3-8,11H,2,9-10H2,1H3,(H,21,23). The average Bonchev–Trinajstić information content (AvgIpc) is 2.57. The molecule has 0 aliphatic heterocycles. The molecule has 0 aromatic heterocycles. The molecule has 6 heteroatoms. The van der Waals surface area contributed by atoms with Crippen LogP contribution in [0.3, 0.4) is 0 Å². The molecule has 1 N–H and O–H groups in total. The first kappa shape index (κ1) is 17.9. The fraction of sp³-hybridized carbons (Fsp3) is 0.222. The molecule has 126 valence electrons. The van der Waals surface area contributed by atoms with Gasteiger partial charge in [0.1, 0.15) is 11.6 Å². The molecule has 0 saturated heterocycles. The first-order valence-electron chi connectivity index (χ1n) is 7.50. The summed E-state index contributed by atoms with van der Waals surface area (Å²) in [5.41, 5.74) is 0.913. The molecule has 0 aliphatic carbocycles. The highest BCUT2D eigenvalue weighted by atomic mass is 35.5. The van der Waals surface area contributed by atoms with E-state index in [1.54, 1.807) is 24.3 Å². The summed E-state index contributed by atoms with van der Waals surface area (Å²) in [6.45, 7) is 2.44. The number of hydrogen-bond acceptors (Lipinski definition) is 3. The van der Waals surface area contributed by atoms with Crippen LogP contribution in [-0.2, 0) is 4.79 Å². The van der Waals surface area contributed by atoms with Gasteiger partial charge in [0, 0.05) is 24.1 Å². The summed E-state index contributed by atoms with van der Waals surface area (Å²) in [5, 5.41) is 2.51. The van der Waals surface area contributed by atoms with Crippen molar-refractivity contribution in [2.75, 3.05) is 11.9 Å². The summed E-state index contributed by atoms with van der Waals surface area (Å²) in [6.07, 6.45) is 0.107. The molecule has 0 fully saturated rings. The van der Waals surface area contributed by atoms with Crippen molar-refractivity contribution in [3.8, 4) is 5.75 Å². The third-order valence-corrected chi connectivity index (χ3v) is 3.56. The number of benzene rings is 2. The maximum Gasteiger partial charge on any atom is 0.224 e. The summed E-state index contributed by atoms with van der Waals surface area (Å²) in [5.74, 6) is -0.331. The second kappa shape index (κ2) is 8.45. The molecule has 0 atom stereocenters. The van der Waals surface area contributed by atoms with E-state index in [-0.39, 0.29) is 29.6 Å². The molecular weight excluding hydrogens is 333 g/mol. The van der Waals surface area contributed by atoms with E-state index < -0.39 is 5.82 Å². The highest BCUT2D eigenvalue weighted by Crippen LogP contribution is 2.20. The van der Waals surface area contributed by atoms with Crippen molar-refractivity contribution in [3.05, 3.63) is 58.9 Å². The second-order valence-corrected chi connectivity index (χ2v) is 5.46. The van der Waals surface area contributed by atoms with Gasteiger partial charge in [-0.15, -0.1) is 0 Å². The molecule has 0 unspecified atom stereocenters. The van der Waals surface area contributed by atoms with Crippen LogP contribution in [0.25, 0.3) is 0 Å². The minimum atomic E-state index is -0.555. The van der Waals surface area contributed by atoms with Gasteiger partial charge in [0.05, 0.1) is 11.6 Å². The van der Waals surface area contributed by atoms with Crippen LogP contribution < -0.4 is 10.1 Å². The number of amides is 1. The van der Waals surface area contributed by atoms with Crippen molar-refractivity contribution < 1.29 is 18.7 Å². The zero-order valence-electron chi connectivity index (χ0n) is 13.1. The highest BCUT2D eigenvalue weighted by Gasteiger charge is 2.10. The molecule has 0 aliphatic rings. The molecule has 24 heavy (non-hydrogen) atoms. The van der Waals surface area contributed by atoms with E-state index in [1.807, 2.05) is 6.92 Å². The minimum Gasteiger partial charge on any atom is -0.494 e. The molecule has 1 amide bonds. The van der Waals surface area contributed by atoms with Gasteiger partial charge in [-0.05, 0) is 49.4 Å². The number of rotatable bonds is 7. The number of hydrogen-bond donors (Lipinski definition) is 1. The zero-order valence-corrected chi connectivity index (χ0v) is 13.9. The third-order valence-electron chi connectivity index (χ3n) is 3.27. The van der Waals surface area contributed by atoms with Gasteiger partial charge in [0.2, 0.25) is 5.91 Å². The van der Waals surface area contributed by atoms with Crippen LogP contribution in [0.5, 0.6) is 5.75 Å². The third kappa shape index (κ3) is 5.06. The quantitative estimate of drug-likeness (QED) is 0.750. The number of carbonyl (C=O) groups is 2. The van der Waals surface area contributed by atoms with Crippen molar-refractivity contribution in [1.82, 2.24) is 0 Å². The van der Waals surface area contributed by atoms with E-state index in [0.29, 0.717) is 23.6 Å². The largest absolute Gasteiger partial charge is 0.494 e. The second-order valence-electron chi connectivity index (χ2n) is 5.06. The number of anilines is 1. The van der Waals surface area contributed by atoms with Crippen LogP contribution in [-0.4, -0.2) is 18.3 Å². The molecule has 0 saturated carbocycles. The topological polar surface area (TPSA) is 55.4 Å². The van der Waals surface area contributed by atoms with Gasteiger partial charge in [-0.25, -0.2) is 4.39 Å². The van der Waals surface area contributed by atoms with Gasteiger partial charge in [0.25, 0.3) is 0 Å². The lowest BCUT2D eigenvalue weighted by Crippen LogP contribution is -2.13. The summed E-state index contributed by atoms with van der Waals surface area (Å²) >= 11 is 5.65. The van der Waals surface area contributed by atoms with Gasteiger partial charge in [-0.1, -0.05) is 11.6 Å². The smallest absolute Gasteiger partial charge is 0.224 e. The monoisotopic (exact) mass is 349 g/mol. The van der Waals surface area contributed by atoms with Crippen molar-refractivity contribution >= 4 is 29.0 Å². The number of carbonyl (C=O) groups excluding carboxylic acids is 2.